The van der Waals surface area contributed by atoms with Crippen LogP contribution in [0.25, 0.3) is 0 Å². The molecule has 0 unspecified atom stereocenters. The van der Waals surface area contributed by atoms with Crippen molar-refractivity contribution < 1.29 is 24.3 Å². The summed E-state index contributed by atoms with van der Waals surface area (Å²) in [6, 6.07) is 25.4. The number of nitrogens with zero attached hydrogens (tertiary/aromatic N) is 2. The van der Waals surface area contributed by atoms with Crippen molar-refractivity contribution in [1.82, 2.24) is 15.1 Å². The van der Waals surface area contributed by atoms with Crippen LogP contribution in [0.15, 0.2) is 91.0 Å². The molecule has 12 heteroatoms. The highest BCUT2D eigenvalue weighted by molar-refractivity contribution is 6.42. The van der Waals surface area contributed by atoms with Crippen LogP contribution in [0, 0.1) is 0 Å². The van der Waals surface area contributed by atoms with E-state index in [2.05, 4.69) is 5.32 Å². The molecule has 4 amide bonds. The Morgan fingerprint density at radius 2 is 1.42 bits per heavy atom. The van der Waals surface area contributed by atoms with Gasteiger partial charge in [0.25, 0.3) is 11.8 Å². The molecule has 0 bridgehead atoms. The van der Waals surface area contributed by atoms with Gasteiger partial charge in [0.2, 0.25) is 11.8 Å². The van der Waals surface area contributed by atoms with Gasteiger partial charge in [-0.2, -0.15) is 0 Å². The van der Waals surface area contributed by atoms with E-state index in [1.54, 1.807) is 59.5 Å². The van der Waals surface area contributed by atoms with Gasteiger partial charge < -0.3 is 15.3 Å². The molecule has 0 radical (unpaired) electrons. The van der Waals surface area contributed by atoms with Gasteiger partial charge in [-0.3, -0.25) is 24.1 Å². The van der Waals surface area contributed by atoms with Crippen molar-refractivity contribution in [2.75, 3.05) is 19.6 Å². The predicted octanol–water partition coefficient (Wildman–Crippen LogP) is 7.08. The van der Waals surface area contributed by atoms with Gasteiger partial charge in [0, 0.05) is 42.5 Å². The minimum Gasteiger partial charge on any atom is -0.389 e. The van der Waals surface area contributed by atoms with Gasteiger partial charge in [0.05, 0.1) is 33.3 Å². The summed E-state index contributed by atoms with van der Waals surface area (Å²) < 4.78 is 0. The number of aliphatic hydroxyl groups is 1. The molecule has 5 rings (SSSR count). The summed E-state index contributed by atoms with van der Waals surface area (Å²) >= 11 is 24.8. The molecular formula is C38H35Cl4N3O5. The number of halogens is 4. The second-order valence-electron chi connectivity index (χ2n) is 12.1. The molecule has 0 saturated carbocycles. The van der Waals surface area contributed by atoms with Gasteiger partial charge in [0.1, 0.15) is 0 Å². The van der Waals surface area contributed by atoms with Gasteiger partial charge in [-0.15, -0.1) is 0 Å². The zero-order chi connectivity index (χ0) is 35.8. The topological polar surface area (TPSA) is 107 Å². The lowest BCUT2D eigenvalue weighted by Crippen LogP contribution is -2.51. The lowest BCUT2D eigenvalue weighted by Gasteiger charge is -2.31. The number of imide groups is 1. The minimum atomic E-state index is -1.17. The van der Waals surface area contributed by atoms with Crippen LogP contribution < -0.4 is 5.32 Å². The molecular weight excluding hydrogens is 720 g/mol. The van der Waals surface area contributed by atoms with E-state index in [1.165, 1.54) is 0 Å². The second-order valence-corrected chi connectivity index (χ2v) is 13.7. The first-order valence-corrected chi connectivity index (χ1v) is 17.6. The van der Waals surface area contributed by atoms with Crippen molar-refractivity contribution in [1.29, 1.82) is 0 Å². The van der Waals surface area contributed by atoms with Crippen molar-refractivity contribution in [3.63, 3.8) is 0 Å². The van der Waals surface area contributed by atoms with Crippen molar-refractivity contribution >= 4 is 70.0 Å². The number of benzene rings is 4. The van der Waals surface area contributed by atoms with Crippen molar-refractivity contribution in [3.05, 3.63) is 139 Å². The molecule has 50 heavy (non-hydrogen) atoms. The number of nitrogens with one attached hydrogen (secondary N) is 1. The Kier molecular flexibility index (Phi) is 12.9. The molecule has 1 heterocycles. The molecule has 2 N–H and O–H groups in total. The molecule has 2 atom stereocenters. The Hall–Kier alpha value is -3.92. The Morgan fingerprint density at radius 3 is 2.08 bits per heavy atom. The van der Waals surface area contributed by atoms with Crippen molar-refractivity contribution in [2.24, 2.45) is 0 Å². The van der Waals surface area contributed by atoms with E-state index < -0.39 is 29.9 Å². The molecule has 1 aliphatic heterocycles. The third-order valence-corrected chi connectivity index (χ3v) is 9.91. The lowest BCUT2D eigenvalue weighted by atomic mass is 10.00. The number of rotatable bonds is 15. The van der Waals surface area contributed by atoms with Crippen LogP contribution >= 0.6 is 46.4 Å². The quantitative estimate of drug-likeness (QED) is 0.126. The first-order valence-electron chi connectivity index (χ1n) is 16.1. The van der Waals surface area contributed by atoms with Crippen LogP contribution in [-0.2, 0) is 28.9 Å². The fourth-order valence-corrected chi connectivity index (χ4v) is 6.66. The summed E-state index contributed by atoms with van der Waals surface area (Å²) in [5, 5.41) is 16.3. The highest BCUT2D eigenvalue weighted by atomic mass is 35.5. The second kappa shape index (κ2) is 17.3. The van der Waals surface area contributed by atoms with Crippen LogP contribution in [-0.4, -0.2) is 70.3 Å². The number of carbonyl (C=O) groups is 4. The maximum atomic E-state index is 13.7. The molecule has 0 aliphatic carbocycles. The fourth-order valence-electron chi connectivity index (χ4n) is 5.84. The van der Waals surface area contributed by atoms with Crippen molar-refractivity contribution in [2.45, 2.75) is 44.2 Å². The Labute approximate surface area is 310 Å². The van der Waals surface area contributed by atoms with E-state index >= 15 is 0 Å². The van der Waals surface area contributed by atoms with Gasteiger partial charge in [-0.25, -0.2) is 0 Å². The zero-order valence-corrected chi connectivity index (χ0v) is 30.0. The van der Waals surface area contributed by atoms with Crippen molar-refractivity contribution in [3.8, 4) is 0 Å². The summed E-state index contributed by atoms with van der Waals surface area (Å²) in [6.07, 6.45) is -0.133. The van der Waals surface area contributed by atoms with Crippen LogP contribution in [0.3, 0.4) is 0 Å². The third-order valence-electron chi connectivity index (χ3n) is 8.59. The van der Waals surface area contributed by atoms with Crippen LogP contribution in [0.2, 0.25) is 20.1 Å². The number of hydrogen-bond donors (Lipinski definition) is 2. The van der Waals surface area contributed by atoms with E-state index in [0.29, 0.717) is 44.1 Å². The smallest absolute Gasteiger partial charge is 0.261 e. The largest absolute Gasteiger partial charge is 0.389 e. The molecule has 0 saturated heterocycles. The third kappa shape index (κ3) is 9.65. The summed E-state index contributed by atoms with van der Waals surface area (Å²) in [5.74, 6) is -1.56. The molecule has 1 aliphatic rings. The number of aliphatic hydroxyl groups excluding tert-OH is 1. The van der Waals surface area contributed by atoms with Crippen LogP contribution in [0.1, 0.15) is 50.2 Å². The predicted molar refractivity (Wildman–Crippen MR) is 196 cm³/mol. The van der Waals surface area contributed by atoms with E-state index in [-0.39, 0.29) is 44.8 Å². The first-order chi connectivity index (χ1) is 24.0. The summed E-state index contributed by atoms with van der Waals surface area (Å²) in [4.78, 5) is 55.3. The zero-order valence-electron chi connectivity index (χ0n) is 27.0. The maximum Gasteiger partial charge on any atom is 0.261 e. The SMILES string of the molecule is O=C(CCN1C(=O)c2ccccc2C1=O)N[C@@H](Cc1ccccc1)[C@@H](O)CN(CCc1ccc(Cl)cc1Cl)C(=O)CCc1ccc(Cl)c(Cl)c1. The summed E-state index contributed by atoms with van der Waals surface area (Å²) in [5.41, 5.74) is 3.09. The number of carbonyl (C=O) groups excluding carboxylic acids is 4. The average molecular weight is 756 g/mol. The Balaban J connectivity index is 1.29. The average Bonchev–Trinajstić information content (AvgIpc) is 3.35. The number of fused-ring (bicyclic) bond motifs is 1. The van der Waals surface area contributed by atoms with Crippen LogP contribution in [0.5, 0.6) is 0 Å². The minimum absolute atomic E-state index is 0.0817. The van der Waals surface area contributed by atoms with Gasteiger partial charge in [-0.1, -0.05) is 101 Å². The lowest BCUT2D eigenvalue weighted by molar-refractivity contribution is -0.133. The van der Waals surface area contributed by atoms with E-state index in [4.69, 9.17) is 46.4 Å². The standard InChI is InChI=1S/C38H35Cl4N3O5/c39-27-13-12-26(31(41)22-27)16-18-44(36(48)15-11-25-10-14-30(40)32(42)20-25)23-34(46)33(21-24-6-2-1-3-7-24)43-35(47)17-19-45-37(49)28-8-4-5-9-29(28)38(45)50/h1-10,12-14,20,22,33-34,46H,11,15-19,21,23H2,(H,43,47)/t33-,34-/m0/s1. The van der Waals surface area contributed by atoms with E-state index in [9.17, 15) is 24.3 Å². The Bertz CT molecular complexity index is 1840. The first kappa shape index (κ1) is 37.3. The van der Waals surface area contributed by atoms with Crippen LogP contribution in [0.4, 0.5) is 0 Å². The van der Waals surface area contributed by atoms with Gasteiger partial charge >= 0.3 is 0 Å². The number of hydrogen-bond acceptors (Lipinski definition) is 5. The highest BCUT2D eigenvalue weighted by Gasteiger charge is 2.35. The van der Waals surface area contributed by atoms with Gasteiger partial charge in [-0.05, 0) is 72.4 Å². The molecule has 0 fully saturated rings. The normalized spacial score (nSPS) is 13.6. The summed E-state index contributed by atoms with van der Waals surface area (Å²) in [7, 11) is 0. The molecule has 0 aromatic heterocycles. The van der Waals surface area contributed by atoms with Gasteiger partial charge in [0.15, 0.2) is 0 Å². The highest BCUT2D eigenvalue weighted by Crippen LogP contribution is 2.25. The number of amides is 4. The monoisotopic (exact) mass is 753 g/mol. The maximum absolute atomic E-state index is 13.7. The van der Waals surface area contributed by atoms with E-state index in [1.807, 2.05) is 36.4 Å². The summed E-state index contributed by atoms with van der Waals surface area (Å²) in [6.45, 7) is 0.0411. The molecule has 8 nitrogen and oxygen atoms in total. The molecule has 4 aromatic carbocycles. The molecule has 4 aromatic rings. The fraction of sp³-hybridized carbons (Fsp3) is 0.263. The Morgan fingerprint density at radius 1 is 0.740 bits per heavy atom. The molecule has 260 valence electrons. The number of aryl methyl sites for hydroxylation is 1. The van der Waals surface area contributed by atoms with E-state index in [0.717, 1.165) is 21.6 Å². The molecule has 0 spiro atoms.